The maximum atomic E-state index is 11.6. The van der Waals surface area contributed by atoms with Crippen LogP contribution < -0.4 is 10.6 Å². The summed E-state index contributed by atoms with van der Waals surface area (Å²) in [6.45, 7) is 2.00. The fourth-order valence-electron chi connectivity index (χ4n) is 1.37. The van der Waals surface area contributed by atoms with Crippen molar-refractivity contribution in [2.45, 2.75) is 6.92 Å². The zero-order valence-electron chi connectivity index (χ0n) is 10.5. The Bertz CT molecular complexity index is 500. The highest BCUT2D eigenvalue weighted by atomic mass is 16.2. The summed E-state index contributed by atoms with van der Waals surface area (Å²) in [5.74, 6) is 0. The van der Waals surface area contributed by atoms with E-state index in [1.165, 1.54) is 0 Å². The molecular weight excluding hydrogens is 246 g/mol. The molecule has 1 aromatic carbocycles. The molecule has 0 aliphatic heterocycles. The molecule has 2 aromatic rings. The van der Waals surface area contributed by atoms with Gasteiger partial charge in [0.2, 0.25) is 0 Å². The highest BCUT2D eigenvalue weighted by molar-refractivity contribution is 5.99. The number of carbonyl (C=O) groups excluding carboxylic acids is 1. The molecule has 0 atom stereocenters. The lowest BCUT2D eigenvalue weighted by atomic mass is 10.2. The van der Waals surface area contributed by atoms with Crippen LogP contribution in [0.15, 0.2) is 48.8 Å². The second-order valence-electron chi connectivity index (χ2n) is 3.69. The number of hydrogen-bond donors (Lipinski definition) is 2. The topological polar surface area (TPSA) is 117 Å². The number of benzene rings is 1. The van der Waals surface area contributed by atoms with Crippen LogP contribution in [0.25, 0.3) is 0 Å². The fourth-order valence-corrected chi connectivity index (χ4v) is 1.37. The third-order valence-electron chi connectivity index (χ3n) is 2.23. The Morgan fingerprint density at radius 2 is 1.63 bits per heavy atom. The first-order valence-corrected chi connectivity index (χ1v) is 5.29. The lowest BCUT2D eigenvalue weighted by Crippen LogP contribution is -2.19. The molecule has 19 heavy (non-hydrogen) atoms. The molecule has 6 N–H and O–H groups in total. The predicted molar refractivity (Wildman–Crippen MR) is 75.3 cm³/mol. The number of anilines is 2. The summed E-state index contributed by atoms with van der Waals surface area (Å²) in [7, 11) is 0. The number of nitrogens with zero attached hydrogens (tertiary/aromatic N) is 1. The van der Waals surface area contributed by atoms with Crippen molar-refractivity contribution < 1.29 is 15.7 Å². The monoisotopic (exact) mass is 263 g/mol. The van der Waals surface area contributed by atoms with Gasteiger partial charge in [0, 0.05) is 11.9 Å². The van der Waals surface area contributed by atoms with Gasteiger partial charge in [0.05, 0.1) is 11.9 Å². The molecule has 2 amide bonds. The maximum Gasteiger partial charge on any atom is 0.323 e. The van der Waals surface area contributed by atoms with Gasteiger partial charge in [0.15, 0.2) is 0 Å². The zero-order valence-corrected chi connectivity index (χ0v) is 10.5. The first kappa shape index (κ1) is 16.6. The Labute approximate surface area is 111 Å². The molecule has 0 aliphatic carbocycles. The van der Waals surface area contributed by atoms with Crippen LogP contribution in [0, 0.1) is 6.92 Å². The number of hydrogen-bond acceptors (Lipinski definition) is 2. The third kappa shape index (κ3) is 5.15. The Morgan fingerprint density at radius 3 is 2.21 bits per heavy atom. The van der Waals surface area contributed by atoms with E-state index in [2.05, 4.69) is 15.6 Å². The summed E-state index contributed by atoms with van der Waals surface area (Å²) >= 11 is 0. The summed E-state index contributed by atoms with van der Waals surface area (Å²) < 4.78 is 0. The van der Waals surface area contributed by atoms with Crippen LogP contribution in [0.1, 0.15) is 5.56 Å². The van der Waals surface area contributed by atoms with E-state index in [0.717, 1.165) is 11.3 Å². The molecule has 0 bridgehead atoms. The van der Waals surface area contributed by atoms with E-state index in [4.69, 9.17) is 0 Å². The van der Waals surface area contributed by atoms with Crippen LogP contribution >= 0.6 is 0 Å². The van der Waals surface area contributed by atoms with E-state index in [1.807, 2.05) is 31.2 Å². The van der Waals surface area contributed by atoms with E-state index in [1.54, 1.807) is 24.5 Å². The van der Waals surface area contributed by atoms with Gasteiger partial charge in [-0.05, 0) is 31.2 Å². The third-order valence-corrected chi connectivity index (χ3v) is 2.23. The lowest BCUT2D eigenvalue weighted by Gasteiger charge is -2.07. The quantitative estimate of drug-likeness (QED) is 0.851. The van der Waals surface area contributed by atoms with E-state index < -0.39 is 0 Å². The highest BCUT2D eigenvalue weighted by Gasteiger charge is 2.01. The number of pyridine rings is 1. The van der Waals surface area contributed by atoms with E-state index in [-0.39, 0.29) is 17.0 Å². The minimum absolute atomic E-state index is 0. The van der Waals surface area contributed by atoms with Gasteiger partial charge in [-0.2, -0.15) is 0 Å². The van der Waals surface area contributed by atoms with E-state index in [9.17, 15) is 4.79 Å². The average molecular weight is 263 g/mol. The van der Waals surface area contributed by atoms with Gasteiger partial charge in [-0.3, -0.25) is 4.98 Å². The van der Waals surface area contributed by atoms with E-state index >= 15 is 0 Å². The van der Waals surface area contributed by atoms with Gasteiger partial charge in [-0.1, -0.05) is 17.7 Å². The Hall–Kier alpha value is -2.44. The summed E-state index contributed by atoms with van der Waals surface area (Å²) in [5, 5.41) is 5.43. The normalized spacial score (nSPS) is 8.68. The second kappa shape index (κ2) is 7.80. The minimum atomic E-state index is -0.276. The Morgan fingerprint density at radius 1 is 1.00 bits per heavy atom. The van der Waals surface area contributed by atoms with Crippen molar-refractivity contribution in [1.82, 2.24) is 4.98 Å². The summed E-state index contributed by atoms with van der Waals surface area (Å²) in [6, 6.07) is 10.9. The van der Waals surface area contributed by atoms with Gasteiger partial charge in [-0.25, -0.2) is 4.79 Å². The molecule has 2 rings (SSSR count). The van der Waals surface area contributed by atoms with Crippen molar-refractivity contribution >= 4 is 17.4 Å². The van der Waals surface area contributed by atoms with Crippen LogP contribution in [0.5, 0.6) is 0 Å². The van der Waals surface area contributed by atoms with Crippen molar-refractivity contribution in [2.75, 3.05) is 10.6 Å². The molecule has 0 radical (unpaired) electrons. The van der Waals surface area contributed by atoms with Crippen LogP contribution in [-0.4, -0.2) is 22.0 Å². The van der Waals surface area contributed by atoms with Gasteiger partial charge >= 0.3 is 6.03 Å². The van der Waals surface area contributed by atoms with Gasteiger partial charge < -0.3 is 21.6 Å². The number of rotatable bonds is 2. The number of urea groups is 1. The van der Waals surface area contributed by atoms with Crippen molar-refractivity contribution in [3.05, 3.63) is 54.4 Å². The molecule has 0 aliphatic rings. The predicted octanol–water partition coefficient (Wildman–Crippen LogP) is 1.38. The Kier molecular flexibility index (Phi) is 6.80. The zero-order chi connectivity index (χ0) is 12.1. The minimum Gasteiger partial charge on any atom is -0.412 e. The van der Waals surface area contributed by atoms with Gasteiger partial charge in [0.25, 0.3) is 0 Å². The second-order valence-corrected chi connectivity index (χ2v) is 3.69. The van der Waals surface area contributed by atoms with E-state index in [0.29, 0.717) is 5.69 Å². The molecule has 1 heterocycles. The van der Waals surface area contributed by atoms with Crippen LogP contribution in [-0.2, 0) is 0 Å². The van der Waals surface area contributed by atoms with Gasteiger partial charge in [0.1, 0.15) is 0 Å². The fraction of sp³-hybridized carbons (Fsp3) is 0.0769. The van der Waals surface area contributed by atoms with Gasteiger partial charge in [-0.15, -0.1) is 0 Å². The first-order chi connectivity index (χ1) is 8.24. The molecule has 0 saturated heterocycles. The van der Waals surface area contributed by atoms with Crippen LogP contribution in [0.4, 0.5) is 16.2 Å². The van der Waals surface area contributed by atoms with Crippen LogP contribution in [0.3, 0.4) is 0 Å². The molecular formula is C13H17N3O3. The summed E-state index contributed by atoms with van der Waals surface area (Å²) in [5.41, 5.74) is 2.58. The maximum absolute atomic E-state index is 11.6. The number of aromatic nitrogens is 1. The van der Waals surface area contributed by atoms with Crippen molar-refractivity contribution in [2.24, 2.45) is 0 Å². The molecule has 0 fully saturated rings. The number of carbonyl (C=O) groups is 1. The molecule has 102 valence electrons. The SMILES string of the molecule is Cc1ccc(NC(=O)Nc2cccnc2)cc1.O.O. The first-order valence-electron chi connectivity index (χ1n) is 5.29. The summed E-state index contributed by atoms with van der Waals surface area (Å²) in [6.07, 6.45) is 3.25. The molecule has 6 nitrogen and oxygen atoms in total. The lowest BCUT2D eigenvalue weighted by molar-refractivity contribution is 0.262. The van der Waals surface area contributed by atoms with Crippen molar-refractivity contribution in [3.8, 4) is 0 Å². The largest absolute Gasteiger partial charge is 0.412 e. The molecule has 0 saturated carbocycles. The molecule has 0 unspecified atom stereocenters. The average Bonchev–Trinajstić information content (AvgIpc) is 2.33. The highest BCUT2D eigenvalue weighted by Crippen LogP contribution is 2.09. The van der Waals surface area contributed by atoms with Crippen LogP contribution in [0.2, 0.25) is 0 Å². The summed E-state index contributed by atoms with van der Waals surface area (Å²) in [4.78, 5) is 15.5. The standard InChI is InChI=1S/C13H13N3O.2H2O/c1-10-4-6-11(7-5-10)15-13(17)16-12-3-2-8-14-9-12;;/h2-9H,1H3,(H2,15,16,17);2*1H2. The number of amides is 2. The van der Waals surface area contributed by atoms with Crippen molar-refractivity contribution in [3.63, 3.8) is 0 Å². The smallest absolute Gasteiger partial charge is 0.323 e. The van der Waals surface area contributed by atoms with Crippen molar-refractivity contribution in [1.29, 1.82) is 0 Å². The number of aryl methyl sites for hydroxylation is 1. The number of nitrogens with one attached hydrogen (secondary N) is 2. The molecule has 1 aromatic heterocycles. The molecule has 6 heteroatoms. The molecule has 0 spiro atoms. The Balaban J connectivity index is 0.00000162.